The molecule has 1 aliphatic rings. The van der Waals surface area contributed by atoms with E-state index in [1.165, 1.54) is 0 Å². The van der Waals surface area contributed by atoms with Gasteiger partial charge in [0.05, 0.1) is 0 Å². The quantitative estimate of drug-likeness (QED) is 0.437. The van der Waals surface area contributed by atoms with Crippen LogP contribution in [0.25, 0.3) is 0 Å². The second-order valence-corrected chi connectivity index (χ2v) is 5.97. The number of carbonyl (C=O) groups is 4. The number of rotatable bonds is 6. The molecule has 0 radical (unpaired) electrons. The summed E-state index contributed by atoms with van der Waals surface area (Å²) < 4.78 is 10.1. The number of hydrogen-bond donors (Lipinski definition) is 0. The standard InChI is InChI=1S/C22H16O6/c23-19-12-18(22(26)28-14-16-9-5-2-6-10-16)20(24)11-17(19)21(25)27-13-15-7-3-1-4-8-15/h1-12H,13-14H2. The zero-order valence-corrected chi connectivity index (χ0v) is 14.8. The summed E-state index contributed by atoms with van der Waals surface area (Å²) in [5.74, 6) is -3.39. The predicted molar refractivity (Wildman–Crippen MR) is 98.7 cm³/mol. The molecular weight excluding hydrogens is 360 g/mol. The third-order valence-electron chi connectivity index (χ3n) is 3.95. The fraction of sp³-hybridized carbons (Fsp3) is 0.0909. The Morgan fingerprint density at radius 3 is 1.32 bits per heavy atom. The van der Waals surface area contributed by atoms with Crippen LogP contribution in [-0.2, 0) is 41.9 Å². The summed E-state index contributed by atoms with van der Waals surface area (Å²) in [5, 5.41) is 0. The molecule has 0 heterocycles. The Labute approximate surface area is 161 Å². The molecule has 0 bridgehead atoms. The van der Waals surface area contributed by atoms with Gasteiger partial charge in [-0.25, -0.2) is 9.59 Å². The third kappa shape index (κ3) is 4.67. The molecule has 1 aliphatic carbocycles. The number of carbonyl (C=O) groups excluding carboxylic acids is 4. The summed E-state index contributed by atoms with van der Waals surface area (Å²) in [6.07, 6.45) is 1.63. The van der Waals surface area contributed by atoms with E-state index >= 15 is 0 Å². The second-order valence-electron chi connectivity index (χ2n) is 5.97. The van der Waals surface area contributed by atoms with Gasteiger partial charge in [0.1, 0.15) is 24.4 Å². The molecule has 3 rings (SSSR count). The fourth-order valence-electron chi connectivity index (χ4n) is 2.48. The lowest BCUT2D eigenvalue weighted by Gasteiger charge is -2.12. The van der Waals surface area contributed by atoms with Gasteiger partial charge in [0.25, 0.3) is 0 Å². The minimum Gasteiger partial charge on any atom is -0.457 e. The van der Waals surface area contributed by atoms with Crippen LogP contribution in [0, 0.1) is 0 Å². The van der Waals surface area contributed by atoms with Crippen LogP contribution in [0.15, 0.2) is 84.0 Å². The van der Waals surface area contributed by atoms with Gasteiger partial charge < -0.3 is 9.47 Å². The van der Waals surface area contributed by atoms with Crippen molar-refractivity contribution in [2.75, 3.05) is 0 Å². The largest absolute Gasteiger partial charge is 0.457 e. The molecule has 0 aliphatic heterocycles. The van der Waals surface area contributed by atoms with Crippen LogP contribution in [0.3, 0.4) is 0 Å². The van der Waals surface area contributed by atoms with Crippen LogP contribution in [-0.4, -0.2) is 23.5 Å². The smallest absolute Gasteiger partial charge is 0.342 e. The normalized spacial score (nSPS) is 13.4. The van der Waals surface area contributed by atoms with Crippen molar-refractivity contribution in [2.45, 2.75) is 13.2 Å². The van der Waals surface area contributed by atoms with Crippen molar-refractivity contribution in [1.82, 2.24) is 0 Å². The lowest BCUT2D eigenvalue weighted by Crippen LogP contribution is -2.25. The van der Waals surface area contributed by atoms with E-state index in [0.717, 1.165) is 23.3 Å². The van der Waals surface area contributed by atoms with Crippen molar-refractivity contribution in [2.24, 2.45) is 0 Å². The highest BCUT2D eigenvalue weighted by Gasteiger charge is 2.30. The molecule has 0 saturated heterocycles. The van der Waals surface area contributed by atoms with Crippen molar-refractivity contribution in [3.63, 3.8) is 0 Å². The molecule has 0 saturated carbocycles. The Morgan fingerprint density at radius 1 is 0.607 bits per heavy atom. The average molecular weight is 376 g/mol. The highest BCUT2D eigenvalue weighted by molar-refractivity contribution is 6.35. The predicted octanol–water partition coefficient (Wildman–Crippen LogP) is 2.48. The summed E-state index contributed by atoms with van der Waals surface area (Å²) in [5.41, 5.74) is 0.652. The van der Waals surface area contributed by atoms with Crippen LogP contribution >= 0.6 is 0 Å². The van der Waals surface area contributed by atoms with Gasteiger partial charge in [-0.1, -0.05) is 60.7 Å². The zero-order chi connectivity index (χ0) is 19.9. The average Bonchev–Trinajstić information content (AvgIpc) is 2.73. The molecule has 28 heavy (non-hydrogen) atoms. The van der Waals surface area contributed by atoms with E-state index in [4.69, 9.17) is 9.47 Å². The topological polar surface area (TPSA) is 86.7 Å². The monoisotopic (exact) mass is 376 g/mol. The summed E-state index contributed by atoms with van der Waals surface area (Å²) in [6.45, 7) is -0.0671. The lowest BCUT2D eigenvalue weighted by atomic mass is 9.97. The minimum atomic E-state index is -0.921. The number of hydrogen-bond acceptors (Lipinski definition) is 6. The molecule has 0 aromatic heterocycles. The third-order valence-corrected chi connectivity index (χ3v) is 3.95. The zero-order valence-electron chi connectivity index (χ0n) is 14.8. The maximum atomic E-state index is 12.2. The summed E-state index contributed by atoms with van der Waals surface area (Å²) in [7, 11) is 0. The maximum Gasteiger partial charge on any atom is 0.342 e. The highest BCUT2D eigenvalue weighted by atomic mass is 16.5. The van der Waals surface area contributed by atoms with E-state index in [1.54, 1.807) is 48.5 Å². The number of allylic oxidation sites excluding steroid dienone is 2. The van der Waals surface area contributed by atoms with Crippen LogP contribution in [0.1, 0.15) is 11.1 Å². The highest BCUT2D eigenvalue weighted by Crippen LogP contribution is 2.16. The van der Waals surface area contributed by atoms with Gasteiger partial charge in [-0.15, -0.1) is 0 Å². The SMILES string of the molecule is O=C1C=C(C(=O)OCc2ccccc2)C(=O)C=C1C(=O)OCc1ccccc1. The van der Waals surface area contributed by atoms with E-state index in [-0.39, 0.29) is 13.2 Å². The summed E-state index contributed by atoms with van der Waals surface area (Å²) in [4.78, 5) is 48.6. The van der Waals surface area contributed by atoms with E-state index in [0.29, 0.717) is 0 Å². The summed E-state index contributed by atoms with van der Waals surface area (Å²) >= 11 is 0. The van der Waals surface area contributed by atoms with Gasteiger partial charge >= 0.3 is 11.9 Å². The minimum absolute atomic E-state index is 0.0336. The molecule has 6 heteroatoms. The van der Waals surface area contributed by atoms with E-state index in [2.05, 4.69) is 0 Å². The number of esters is 2. The van der Waals surface area contributed by atoms with E-state index in [9.17, 15) is 19.2 Å². The number of ketones is 2. The van der Waals surface area contributed by atoms with Crippen molar-refractivity contribution in [3.8, 4) is 0 Å². The van der Waals surface area contributed by atoms with Gasteiger partial charge in [0, 0.05) is 12.2 Å². The molecule has 140 valence electrons. The van der Waals surface area contributed by atoms with Crippen molar-refractivity contribution < 1.29 is 28.7 Å². The Kier molecular flexibility index (Phi) is 5.91. The first-order chi connectivity index (χ1) is 13.5. The molecule has 2 aromatic rings. The van der Waals surface area contributed by atoms with Gasteiger partial charge in [-0.2, -0.15) is 0 Å². The Morgan fingerprint density at radius 2 is 0.964 bits per heavy atom. The first-order valence-corrected chi connectivity index (χ1v) is 8.49. The molecule has 0 unspecified atom stereocenters. The van der Waals surface area contributed by atoms with Crippen LogP contribution in [0.4, 0.5) is 0 Å². The van der Waals surface area contributed by atoms with Crippen molar-refractivity contribution in [1.29, 1.82) is 0 Å². The molecule has 0 fully saturated rings. The second kappa shape index (κ2) is 8.73. The van der Waals surface area contributed by atoms with E-state index < -0.39 is 34.7 Å². The maximum absolute atomic E-state index is 12.2. The van der Waals surface area contributed by atoms with E-state index in [1.807, 2.05) is 12.1 Å². The Bertz CT molecular complexity index is 889. The molecule has 2 aromatic carbocycles. The molecule has 0 amide bonds. The lowest BCUT2D eigenvalue weighted by molar-refractivity contribution is -0.144. The Hall–Kier alpha value is -3.80. The molecule has 0 atom stereocenters. The summed E-state index contributed by atoms with van der Waals surface area (Å²) in [6, 6.07) is 17.8. The van der Waals surface area contributed by atoms with Crippen molar-refractivity contribution >= 4 is 23.5 Å². The first kappa shape index (κ1) is 19.0. The Balaban J connectivity index is 1.60. The van der Waals surface area contributed by atoms with Gasteiger partial charge in [-0.3, -0.25) is 9.59 Å². The van der Waals surface area contributed by atoms with Gasteiger partial charge in [0.15, 0.2) is 11.6 Å². The number of benzene rings is 2. The number of ether oxygens (including phenoxy) is 2. The van der Waals surface area contributed by atoms with Gasteiger partial charge in [-0.05, 0) is 11.1 Å². The molecule has 0 N–H and O–H groups in total. The molecule has 0 spiro atoms. The van der Waals surface area contributed by atoms with Crippen molar-refractivity contribution in [3.05, 3.63) is 95.1 Å². The molecular formula is C22H16O6. The van der Waals surface area contributed by atoms with Crippen LogP contribution < -0.4 is 0 Å². The fourth-order valence-corrected chi connectivity index (χ4v) is 2.48. The van der Waals surface area contributed by atoms with Crippen LogP contribution in [0.2, 0.25) is 0 Å². The molecule has 6 nitrogen and oxygen atoms in total. The van der Waals surface area contributed by atoms with Gasteiger partial charge in [0.2, 0.25) is 0 Å². The first-order valence-electron chi connectivity index (χ1n) is 8.49. The van der Waals surface area contributed by atoms with Crippen LogP contribution in [0.5, 0.6) is 0 Å².